The summed E-state index contributed by atoms with van der Waals surface area (Å²) in [5.41, 5.74) is 2.56. The summed E-state index contributed by atoms with van der Waals surface area (Å²) in [6.45, 7) is 4.67. The largest absolute Gasteiger partial charge is 0.453 e. The normalized spacial score (nSPS) is 11.6. The van der Waals surface area contributed by atoms with E-state index in [0.717, 1.165) is 14.6 Å². The minimum absolute atomic E-state index is 0.174. The van der Waals surface area contributed by atoms with E-state index in [4.69, 9.17) is 0 Å². The summed E-state index contributed by atoms with van der Waals surface area (Å²) in [6, 6.07) is 5.36. The van der Waals surface area contributed by atoms with Gasteiger partial charge >= 0.3 is 6.18 Å². The van der Waals surface area contributed by atoms with Gasteiger partial charge in [-0.15, -0.1) is 5.10 Å². The number of alkyl halides is 3. The summed E-state index contributed by atoms with van der Waals surface area (Å²) < 4.78 is 40.5. The Morgan fingerprint density at radius 3 is 2.48 bits per heavy atom. The van der Waals surface area contributed by atoms with Gasteiger partial charge in [-0.25, -0.2) is 9.50 Å². The molecule has 0 radical (unpaired) electrons. The summed E-state index contributed by atoms with van der Waals surface area (Å²) in [5.74, 6) is -2.39. The Labute approximate surface area is 183 Å². The van der Waals surface area contributed by atoms with Gasteiger partial charge < -0.3 is 10.6 Å². The number of carbonyl (C=O) groups excluding carboxylic acids is 2. The number of aromatic nitrogens is 4. The van der Waals surface area contributed by atoms with Gasteiger partial charge in [0.05, 0.1) is 13.0 Å². The zero-order valence-electron chi connectivity index (χ0n) is 16.8. The van der Waals surface area contributed by atoms with Gasteiger partial charge in [0.25, 0.3) is 11.6 Å². The van der Waals surface area contributed by atoms with Gasteiger partial charge in [-0.2, -0.15) is 18.2 Å². The number of rotatable bonds is 5. The molecule has 8 nitrogen and oxygen atoms in total. The van der Waals surface area contributed by atoms with E-state index in [0.29, 0.717) is 22.6 Å². The third-order valence-electron chi connectivity index (χ3n) is 4.55. The molecule has 2 N–H and O–H groups in total. The van der Waals surface area contributed by atoms with E-state index in [9.17, 15) is 22.8 Å². The SMILES string of the molecule is Cc1cc(Br)ccc1NC(=O)CNC(=O)Cc1c(C)nc2nc(C(F)(F)F)nn2c1C. The zero-order valence-corrected chi connectivity index (χ0v) is 18.3. The van der Waals surface area contributed by atoms with Crippen LogP contribution in [-0.4, -0.2) is 37.9 Å². The predicted molar refractivity (Wildman–Crippen MR) is 109 cm³/mol. The van der Waals surface area contributed by atoms with Gasteiger partial charge in [0.15, 0.2) is 0 Å². The second-order valence-corrected chi connectivity index (χ2v) is 7.78. The van der Waals surface area contributed by atoms with Gasteiger partial charge in [0.1, 0.15) is 0 Å². The predicted octanol–water partition coefficient (Wildman–Crippen LogP) is 3.13. The van der Waals surface area contributed by atoms with E-state index in [1.165, 1.54) is 6.92 Å². The first-order valence-electron chi connectivity index (χ1n) is 9.08. The van der Waals surface area contributed by atoms with Crippen molar-refractivity contribution in [2.24, 2.45) is 0 Å². The van der Waals surface area contributed by atoms with E-state index in [-0.39, 0.29) is 18.7 Å². The minimum Gasteiger partial charge on any atom is -0.347 e. The minimum atomic E-state index is -4.70. The molecular weight excluding hydrogens is 481 g/mol. The Hall–Kier alpha value is -3.02. The van der Waals surface area contributed by atoms with E-state index in [1.54, 1.807) is 19.1 Å². The molecule has 2 heterocycles. The van der Waals surface area contributed by atoms with Gasteiger partial charge in [0, 0.05) is 27.1 Å². The maximum absolute atomic E-state index is 12.9. The lowest BCUT2D eigenvalue weighted by Gasteiger charge is -2.12. The molecule has 3 aromatic rings. The molecule has 0 spiro atoms. The molecule has 0 atom stereocenters. The molecule has 0 unspecified atom stereocenters. The summed E-state index contributed by atoms with van der Waals surface area (Å²) in [4.78, 5) is 31.9. The fraction of sp³-hybridized carbons (Fsp3) is 0.316. The molecule has 0 aliphatic rings. The molecule has 2 amide bonds. The number of halogens is 4. The third kappa shape index (κ3) is 5.19. The molecule has 0 bridgehead atoms. The molecule has 164 valence electrons. The Kier molecular flexibility index (Phi) is 6.30. The first-order valence-corrected chi connectivity index (χ1v) is 9.87. The molecule has 0 aliphatic heterocycles. The maximum Gasteiger partial charge on any atom is 0.453 e. The van der Waals surface area contributed by atoms with Gasteiger partial charge in [0.2, 0.25) is 11.8 Å². The van der Waals surface area contributed by atoms with Crippen molar-refractivity contribution in [2.45, 2.75) is 33.4 Å². The molecule has 0 saturated carbocycles. The molecule has 2 aromatic heterocycles. The van der Waals surface area contributed by atoms with Crippen LogP contribution in [0.1, 0.15) is 28.3 Å². The van der Waals surface area contributed by atoms with Crippen LogP contribution in [-0.2, 0) is 22.2 Å². The average molecular weight is 499 g/mol. The van der Waals surface area contributed by atoms with Crippen LogP contribution in [0.3, 0.4) is 0 Å². The lowest BCUT2D eigenvalue weighted by Crippen LogP contribution is -2.34. The molecule has 12 heteroatoms. The Bertz CT molecular complexity index is 1180. The number of nitrogens with one attached hydrogen (secondary N) is 2. The Morgan fingerprint density at radius 2 is 1.84 bits per heavy atom. The molecule has 0 saturated heterocycles. The lowest BCUT2D eigenvalue weighted by molar-refractivity contribution is -0.144. The number of carbonyl (C=O) groups is 2. The fourth-order valence-electron chi connectivity index (χ4n) is 2.95. The summed E-state index contributed by atoms with van der Waals surface area (Å²) in [6.07, 6.45) is -4.88. The molecule has 1 aromatic carbocycles. The van der Waals surface area contributed by atoms with Crippen molar-refractivity contribution in [3.8, 4) is 0 Å². The standard InChI is InChI=1S/C19H18BrF3N6O2/c1-9-6-12(20)4-5-14(9)26-16(31)8-24-15(30)7-13-10(2)25-18-27-17(19(21,22)23)28-29(18)11(13)3/h4-6H,7-8H2,1-3H3,(H,24,30)(H,26,31). The van der Waals surface area contributed by atoms with Crippen LogP contribution in [0.4, 0.5) is 18.9 Å². The van der Waals surface area contributed by atoms with Crippen LogP contribution in [0.5, 0.6) is 0 Å². The lowest BCUT2D eigenvalue weighted by atomic mass is 10.1. The van der Waals surface area contributed by atoms with E-state index in [2.05, 4.69) is 41.6 Å². The molecule has 3 rings (SSSR count). The van der Waals surface area contributed by atoms with Crippen molar-refractivity contribution < 1.29 is 22.8 Å². The highest BCUT2D eigenvalue weighted by Gasteiger charge is 2.37. The number of benzene rings is 1. The van der Waals surface area contributed by atoms with Crippen LogP contribution < -0.4 is 10.6 Å². The van der Waals surface area contributed by atoms with E-state index >= 15 is 0 Å². The second kappa shape index (κ2) is 8.61. The molecule has 0 fully saturated rings. The monoisotopic (exact) mass is 498 g/mol. The van der Waals surface area contributed by atoms with Crippen molar-refractivity contribution in [1.29, 1.82) is 0 Å². The fourth-order valence-corrected chi connectivity index (χ4v) is 3.42. The van der Waals surface area contributed by atoms with Crippen LogP contribution >= 0.6 is 15.9 Å². The highest BCUT2D eigenvalue weighted by molar-refractivity contribution is 9.10. The van der Waals surface area contributed by atoms with E-state index in [1.807, 2.05) is 13.0 Å². The Balaban J connectivity index is 1.68. The number of anilines is 1. The first-order chi connectivity index (χ1) is 14.5. The first kappa shape index (κ1) is 22.7. The van der Waals surface area contributed by atoms with Crippen molar-refractivity contribution in [2.75, 3.05) is 11.9 Å². The quantitative estimate of drug-likeness (QED) is 0.562. The van der Waals surface area contributed by atoms with Crippen molar-refractivity contribution in [1.82, 2.24) is 24.9 Å². The Morgan fingerprint density at radius 1 is 1.13 bits per heavy atom. The van der Waals surface area contributed by atoms with Gasteiger partial charge in [-0.05, 0) is 44.5 Å². The topological polar surface area (TPSA) is 101 Å². The van der Waals surface area contributed by atoms with Crippen molar-refractivity contribution >= 4 is 39.2 Å². The summed E-state index contributed by atoms with van der Waals surface area (Å²) >= 11 is 3.34. The zero-order chi connectivity index (χ0) is 22.9. The van der Waals surface area contributed by atoms with Crippen LogP contribution in [0.25, 0.3) is 5.78 Å². The second-order valence-electron chi connectivity index (χ2n) is 6.87. The highest BCUT2D eigenvalue weighted by atomic mass is 79.9. The number of fused-ring (bicyclic) bond motifs is 1. The van der Waals surface area contributed by atoms with Gasteiger partial charge in [-0.1, -0.05) is 15.9 Å². The highest BCUT2D eigenvalue weighted by Crippen LogP contribution is 2.27. The average Bonchev–Trinajstić information content (AvgIpc) is 3.10. The number of aryl methyl sites for hydroxylation is 3. The molecule has 31 heavy (non-hydrogen) atoms. The van der Waals surface area contributed by atoms with Crippen LogP contribution in [0.15, 0.2) is 22.7 Å². The summed E-state index contributed by atoms with van der Waals surface area (Å²) in [5, 5.41) is 8.65. The maximum atomic E-state index is 12.9. The third-order valence-corrected chi connectivity index (χ3v) is 5.04. The smallest absolute Gasteiger partial charge is 0.347 e. The molecule has 0 aliphatic carbocycles. The van der Waals surface area contributed by atoms with Gasteiger partial charge in [-0.3, -0.25) is 9.59 Å². The molecular formula is C19H18BrF3N6O2. The van der Waals surface area contributed by atoms with Crippen LogP contribution in [0, 0.1) is 20.8 Å². The van der Waals surface area contributed by atoms with Crippen LogP contribution in [0.2, 0.25) is 0 Å². The number of amides is 2. The summed E-state index contributed by atoms with van der Waals surface area (Å²) in [7, 11) is 0. The van der Waals surface area contributed by atoms with E-state index < -0.39 is 23.8 Å². The van der Waals surface area contributed by atoms with Crippen molar-refractivity contribution in [3.63, 3.8) is 0 Å². The number of hydrogen-bond donors (Lipinski definition) is 2. The number of hydrogen-bond acceptors (Lipinski definition) is 5. The number of nitrogens with zero attached hydrogens (tertiary/aromatic N) is 4. The van der Waals surface area contributed by atoms with Crippen molar-refractivity contribution in [3.05, 3.63) is 51.0 Å².